The first-order valence-electron chi connectivity index (χ1n) is 10.1. The highest BCUT2D eigenvalue weighted by Crippen LogP contribution is 2.26. The van der Waals surface area contributed by atoms with Crippen LogP contribution in [0.3, 0.4) is 0 Å². The van der Waals surface area contributed by atoms with E-state index in [-0.39, 0.29) is 5.82 Å². The number of halogens is 1. The molecule has 0 heterocycles. The molecule has 0 bridgehead atoms. The Morgan fingerprint density at radius 3 is 2.47 bits per heavy atom. The van der Waals surface area contributed by atoms with Crippen LogP contribution in [0.5, 0.6) is 0 Å². The Balaban J connectivity index is 1.76. The molecule has 3 rings (SSSR count). The van der Waals surface area contributed by atoms with Gasteiger partial charge in [-0.3, -0.25) is 0 Å². The second-order valence-electron chi connectivity index (χ2n) is 7.35. The third-order valence-electron chi connectivity index (χ3n) is 5.14. The number of anilines is 2. The SMILES string of the molecule is CNc1ccc(-c2ccc(CN(C)c3cc(F)cc(/C=C/C(=O)OC)c3)cc2)cc1C=N. The van der Waals surface area contributed by atoms with E-state index in [2.05, 4.69) is 10.1 Å². The molecule has 164 valence electrons. The van der Waals surface area contributed by atoms with E-state index in [4.69, 9.17) is 5.41 Å². The largest absolute Gasteiger partial charge is 0.466 e. The molecule has 0 saturated heterocycles. The van der Waals surface area contributed by atoms with Crippen molar-refractivity contribution in [3.8, 4) is 11.1 Å². The number of esters is 1. The highest BCUT2D eigenvalue weighted by atomic mass is 19.1. The maximum Gasteiger partial charge on any atom is 0.330 e. The van der Waals surface area contributed by atoms with E-state index >= 15 is 0 Å². The van der Waals surface area contributed by atoms with Crippen molar-refractivity contribution >= 4 is 29.6 Å². The van der Waals surface area contributed by atoms with Crippen LogP contribution in [0.1, 0.15) is 16.7 Å². The van der Waals surface area contributed by atoms with E-state index in [0.29, 0.717) is 17.8 Å². The van der Waals surface area contributed by atoms with Gasteiger partial charge in [-0.05, 0) is 58.7 Å². The topological polar surface area (TPSA) is 65.4 Å². The van der Waals surface area contributed by atoms with E-state index in [1.54, 1.807) is 0 Å². The molecule has 0 aromatic heterocycles. The van der Waals surface area contributed by atoms with Gasteiger partial charge in [-0.15, -0.1) is 0 Å². The molecule has 5 nitrogen and oxygen atoms in total. The average molecular weight is 432 g/mol. The fraction of sp³-hybridized carbons (Fsp3) is 0.154. The molecule has 0 spiro atoms. The van der Waals surface area contributed by atoms with Gasteiger partial charge in [0.1, 0.15) is 5.82 Å². The van der Waals surface area contributed by atoms with Crippen LogP contribution >= 0.6 is 0 Å². The van der Waals surface area contributed by atoms with E-state index in [1.165, 1.54) is 37.6 Å². The number of ether oxygens (including phenoxy) is 1. The lowest BCUT2D eigenvalue weighted by Crippen LogP contribution is -2.16. The van der Waals surface area contributed by atoms with Crippen molar-refractivity contribution in [3.63, 3.8) is 0 Å². The van der Waals surface area contributed by atoms with Gasteiger partial charge in [-0.2, -0.15) is 0 Å². The van der Waals surface area contributed by atoms with Gasteiger partial charge in [0.15, 0.2) is 0 Å². The Morgan fingerprint density at radius 1 is 1.09 bits per heavy atom. The highest BCUT2D eigenvalue weighted by Gasteiger charge is 2.08. The second kappa shape index (κ2) is 10.4. The van der Waals surface area contributed by atoms with Crippen molar-refractivity contribution in [2.75, 3.05) is 31.4 Å². The van der Waals surface area contributed by atoms with Crippen LogP contribution in [-0.4, -0.2) is 33.4 Å². The molecule has 2 N–H and O–H groups in total. The molecule has 0 saturated carbocycles. The van der Waals surface area contributed by atoms with E-state index in [0.717, 1.165) is 27.9 Å². The summed E-state index contributed by atoms with van der Waals surface area (Å²) < 4.78 is 18.7. The summed E-state index contributed by atoms with van der Waals surface area (Å²) in [7, 11) is 5.03. The summed E-state index contributed by atoms with van der Waals surface area (Å²) in [5.41, 5.74) is 6.20. The minimum Gasteiger partial charge on any atom is -0.466 e. The van der Waals surface area contributed by atoms with Gasteiger partial charge in [0.2, 0.25) is 0 Å². The predicted molar refractivity (Wildman–Crippen MR) is 129 cm³/mol. The van der Waals surface area contributed by atoms with Crippen LogP contribution in [-0.2, 0) is 16.1 Å². The average Bonchev–Trinajstić information content (AvgIpc) is 2.82. The van der Waals surface area contributed by atoms with Crippen molar-refractivity contribution in [2.45, 2.75) is 6.54 Å². The molecule has 6 heteroatoms. The van der Waals surface area contributed by atoms with Crippen LogP contribution in [0.25, 0.3) is 17.2 Å². The molecule has 0 amide bonds. The van der Waals surface area contributed by atoms with E-state index < -0.39 is 5.97 Å². The summed E-state index contributed by atoms with van der Waals surface area (Å²) in [6.07, 6.45) is 4.14. The molecule has 3 aromatic rings. The highest BCUT2D eigenvalue weighted by molar-refractivity contribution is 5.88. The molecule has 0 aliphatic heterocycles. The zero-order valence-electron chi connectivity index (χ0n) is 18.4. The molecule has 0 aliphatic rings. The number of nitrogens with zero attached hydrogens (tertiary/aromatic N) is 1. The minimum atomic E-state index is -0.488. The van der Waals surface area contributed by atoms with Crippen LogP contribution in [0.2, 0.25) is 0 Å². The number of methoxy groups -OCH3 is 1. The van der Waals surface area contributed by atoms with Gasteiger partial charge in [0, 0.05) is 49.9 Å². The number of hydrogen-bond donors (Lipinski definition) is 2. The summed E-state index contributed by atoms with van der Waals surface area (Å²) in [6.45, 7) is 0.592. The van der Waals surface area contributed by atoms with Crippen LogP contribution in [0.15, 0.2) is 66.7 Å². The summed E-state index contributed by atoms with van der Waals surface area (Å²) in [5.74, 6) is -0.862. The van der Waals surface area contributed by atoms with Crippen LogP contribution in [0.4, 0.5) is 15.8 Å². The van der Waals surface area contributed by atoms with Crippen molar-refractivity contribution in [1.29, 1.82) is 5.41 Å². The van der Waals surface area contributed by atoms with Gasteiger partial charge in [0.25, 0.3) is 0 Å². The molecule has 0 aliphatic carbocycles. The third-order valence-corrected chi connectivity index (χ3v) is 5.14. The van der Waals surface area contributed by atoms with Crippen LogP contribution in [0, 0.1) is 11.2 Å². The maximum absolute atomic E-state index is 14.1. The molecule has 0 fully saturated rings. The minimum absolute atomic E-state index is 0.374. The first kappa shape index (κ1) is 22.7. The van der Waals surface area contributed by atoms with Gasteiger partial charge >= 0.3 is 5.97 Å². The lowest BCUT2D eigenvalue weighted by molar-refractivity contribution is -0.134. The molecule has 0 radical (unpaired) electrons. The lowest BCUT2D eigenvalue weighted by atomic mass is 10.0. The Bertz CT molecular complexity index is 1140. The van der Waals surface area contributed by atoms with E-state index in [1.807, 2.05) is 67.5 Å². The number of carbonyl (C=O) groups is 1. The molecular formula is C26H26FN3O2. The lowest BCUT2D eigenvalue weighted by Gasteiger charge is -2.20. The van der Waals surface area contributed by atoms with Gasteiger partial charge in [-0.25, -0.2) is 9.18 Å². The van der Waals surface area contributed by atoms with Crippen molar-refractivity contribution in [2.24, 2.45) is 0 Å². The fourth-order valence-electron chi connectivity index (χ4n) is 3.40. The number of carbonyl (C=O) groups excluding carboxylic acids is 1. The Labute approximate surface area is 187 Å². The second-order valence-corrected chi connectivity index (χ2v) is 7.35. The van der Waals surface area contributed by atoms with Crippen LogP contribution < -0.4 is 10.2 Å². The maximum atomic E-state index is 14.1. The smallest absolute Gasteiger partial charge is 0.330 e. The summed E-state index contributed by atoms with van der Waals surface area (Å²) in [4.78, 5) is 13.2. The Hall–Kier alpha value is -3.93. The third kappa shape index (κ3) is 5.60. The van der Waals surface area contributed by atoms with Gasteiger partial charge in [-0.1, -0.05) is 30.3 Å². The molecule has 0 atom stereocenters. The zero-order chi connectivity index (χ0) is 23.1. The molecular weight excluding hydrogens is 405 g/mol. The number of rotatable bonds is 8. The molecule has 32 heavy (non-hydrogen) atoms. The van der Waals surface area contributed by atoms with Gasteiger partial charge < -0.3 is 20.4 Å². The van der Waals surface area contributed by atoms with Gasteiger partial charge in [0.05, 0.1) is 7.11 Å². The summed E-state index contributed by atoms with van der Waals surface area (Å²) >= 11 is 0. The predicted octanol–water partition coefficient (Wildman–Crippen LogP) is 5.35. The monoisotopic (exact) mass is 431 g/mol. The number of hydrogen-bond acceptors (Lipinski definition) is 5. The number of nitrogens with one attached hydrogen (secondary N) is 2. The summed E-state index contributed by atoms with van der Waals surface area (Å²) in [6, 6.07) is 18.8. The first-order valence-corrected chi connectivity index (χ1v) is 10.1. The fourth-order valence-corrected chi connectivity index (χ4v) is 3.40. The normalized spacial score (nSPS) is 10.8. The Morgan fingerprint density at radius 2 is 1.81 bits per heavy atom. The molecule has 3 aromatic carbocycles. The molecule has 0 unspecified atom stereocenters. The zero-order valence-corrected chi connectivity index (χ0v) is 18.4. The summed E-state index contributed by atoms with van der Waals surface area (Å²) in [5, 5.41) is 10.7. The first-order chi connectivity index (χ1) is 15.4. The van der Waals surface area contributed by atoms with Crippen molar-refractivity contribution < 1.29 is 13.9 Å². The van der Waals surface area contributed by atoms with E-state index in [9.17, 15) is 9.18 Å². The van der Waals surface area contributed by atoms with Crippen molar-refractivity contribution in [1.82, 2.24) is 0 Å². The Kier molecular flexibility index (Phi) is 7.39. The van der Waals surface area contributed by atoms with Crippen molar-refractivity contribution in [3.05, 3.63) is 89.2 Å². The number of benzene rings is 3. The standard InChI is InChI=1S/C26H26FN3O2/c1-29-25-10-9-21(14-22(25)16-28)20-7-4-18(5-8-20)17-30(2)24-13-19(12-23(27)15-24)6-11-26(31)32-3/h4-16,28-29H,17H2,1-3H3/b11-6+,28-16?. The quantitative estimate of drug-likeness (QED) is 0.286.